The smallest absolute Gasteiger partial charge is 0.336 e. The van der Waals surface area contributed by atoms with Crippen LogP contribution in [0.5, 0.6) is 0 Å². The molecule has 2 aliphatic rings. The second-order valence-corrected chi connectivity index (χ2v) is 10.9. The maximum absolute atomic E-state index is 12.6. The summed E-state index contributed by atoms with van der Waals surface area (Å²) < 4.78 is 21.3. The van der Waals surface area contributed by atoms with Crippen molar-refractivity contribution >= 4 is 11.9 Å². The van der Waals surface area contributed by atoms with Crippen molar-refractivity contribution in [3.05, 3.63) is 83.1 Å². The summed E-state index contributed by atoms with van der Waals surface area (Å²) in [5.74, 6) is -1.86. The molecule has 46 heavy (non-hydrogen) atoms. The molecule has 8 N–H and O–H groups in total. The lowest BCUT2D eigenvalue weighted by molar-refractivity contribution is -0.326. The number of ether oxygens (including phenoxy) is 4. The second-order valence-electron chi connectivity index (χ2n) is 10.9. The first-order valence-corrected chi connectivity index (χ1v) is 14.5. The van der Waals surface area contributed by atoms with Gasteiger partial charge < -0.3 is 59.8 Å². The first-order chi connectivity index (χ1) is 21.7. The number of esters is 1. The van der Waals surface area contributed by atoms with Crippen LogP contribution in [0.4, 0.5) is 0 Å². The highest BCUT2D eigenvalue weighted by molar-refractivity contribution is 5.88. The molecule has 0 aromatic heterocycles. The quantitative estimate of drug-likeness (QED) is 0.0725. The highest BCUT2D eigenvalue weighted by Gasteiger charge is 2.48. The van der Waals surface area contributed by atoms with E-state index in [0.29, 0.717) is 0 Å². The Morgan fingerprint density at radius 2 is 1.11 bits per heavy atom. The van der Waals surface area contributed by atoms with Gasteiger partial charge in [0.25, 0.3) is 0 Å². The van der Waals surface area contributed by atoms with Gasteiger partial charge in [0.2, 0.25) is 6.29 Å². The summed E-state index contributed by atoms with van der Waals surface area (Å²) in [7, 11) is 0. The van der Waals surface area contributed by atoms with Gasteiger partial charge in [-0.05, 0) is 27.7 Å². The van der Waals surface area contributed by atoms with Crippen LogP contribution in [-0.4, -0.2) is 127 Å². The van der Waals surface area contributed by atoms with E-state index < -0.39 is 86.6 Å². The number of carboxylic acids is 1. The molecule has 0 aromatic carbocycles. The van der Waals surface area contributed by atoms with Crippen molar-refractivity contribution < 1.29 is 69.4 Å². The van der Waals surface area contributed by atoms with Crippen LogP contribution >= 0.6 is 0 Å². The van der Waals surface area contributed by atoms with E-state index in [1.165, 1.54) is 26.0 Å². The molecule has 0 spiro atoms. The van der Waals surface area contributed by atoms with Crippen LogP contribution < -0.4 is 0 Å². The largest absolute Gasteiger partial charge is 0.478 e. The summed E-state index contributed by atoms with van der Waals surface area (Å²) in [6.45, 7) is 5.43. The molecular weight excluding hydrogens is 608 g/mol. The summed E-state index contributed by atoms with van der Waals surface area (Å²) in [5.41, 5.74) is 2.11. The Labute approximate surface area is 266 Å². The van der Waals surface area contributed by atoms with Crippen molar-refractivity contribution in [1.82, 2.24) is 0 Å². The normalized spacial score (nSPS) is 33.7. The number of hydrogen-bond acceptors (Lipinski definition) is 13. The molecule has 0 aliphatic carbocycles. The van der Waals surface area contributed by atoms with E-state index in [4.69, 9.17) is 24.1 Å². The van der Waals surface area contributed by atoms with Gasteiger partial charge in [-0.3, -0.25) is 0 Å². The van der Waals surface area contributed by atoms with Crippen LogP contribution in [0.3, 0.4) is 0 Å². The van der Waals surface area contributed by atoms with Crippen LogP contribution in [0.15, 0.2) is 83.1 Å². The van der Waals surface area contributed by atoms with Gasteiger partial charge in [0.05, 0.1) is 13.2 Å². The molecule has 0 amide bonds. The molecule has 10 unspecified atom stereocenters. The van der Waals surface area contributed by atoms with Crippen molar-refractivity contribution in [3.63, 3.8) is 0 Å². The van der Waals surface area contributed by atoms with Crippen molar-refractivity contribution in [2.75, 3.05) is 13.2 Å². The van der Waals surface area contributed by atoms with Crippen molar-refractivity contribution in [2.45, 2.75) is 89.1 Å². The molecular formula is C32H44O14. The number of allylic oxidation sites excluding steroid dienone is 12. The standard InChI is InChI=1S/C32H44O14/c1-17(11-7-13-19(3)29(40)41)9-5-6-10-18(2)12-8-14-20(4)30(42)46-32-28(39)26(37)24(35)22(45-32)16-43-31-27(38)25(36)23(34)21(15-33)44-31/h5-14,21-28,31-39H,15-16H2,1-4H3,(H,40,41)/b6-5+,11-7+,12-8+,17-9+,18-10-,19-13-,20-14+. The fraction of sp³-hybridized carbons (Fsp3) is 0.500. The van der Waals surface area contributed by atoms with E-state index in [1.807, 2.05) is 32.1 Å². The molecule has 2 fully saturated rings. The maximum Gasteiger partial charge on any atom is 0.336 e. The molecule has 2 heterocycles. The number of rotatable bonds is 13. The van der Waals surface area contributed by atoms with E-state index >= 15 is 0 Å². The van der Waals surface area contributed by atoms with Crippen LogP contribution in [0.25, 0.3) is 0 Å². The third-order valence-corrected chi connectivity index (χ3v) is 7.06. The van der Waals surface area contributed by atoms with Crippen molar-refractivity contribution in [1.29, 1.82) is 0 Å². The van der Waals surface area contributed by atoms with E-state index in [-0.39, 0.29) is 11.1 Å². The van der Waals surface area contributed by atoms with Crippen LogP contribution in [0.2, 0.25) is 0 Å². The predicted molar refractivity (Wildman–Crippen MR) is 163 cm³/mol. The summed E-state index contributed by atoms with van der Waals surface area (Å²) >= 11 is 0. The summed E-state index contributed by atoms with van der Waals surface area (Å²) in [6, 6.07) is 0. The molecule has 2 saturated heterocycles. The van der Waals surface area contributed by atoms with Gasteiger partial charge in [0.15, 0.2) is 6.29 Å². The Bertz CT molecular complexity index is 1240. The van der Waals surface area contributed by atoms with Gasteiger partial charge >= 0.3 is 11.9 Å². The Kier molecular flexibility index (Phi) is 15.9. The highest BCUT2D eigenvalue weighted by atomic mass is 16.7. The average molecular weight is 653 g/mol. The Morgan fingerprint density at radius 3 is 1.63 bits per heavy atom. The van der Waals surface area contributed by atoms with Crippen LogP contribution in [0, 0.1) is 0 Å². The topological polar surface area (TPSA) is 233 Å². The molecule has 14 nitrogen and oxygen atoms in total. The molecule has 0 bridgehead atoms. The van der Waals surface area contributed by atoms with E-state index in [1.54, 1.807) is 30.4 Å². The number of aliphatic carboxylic acids is 1. The minimum Gasteiger partial charge on any atom is -0.478 e. The van der Waals surface area contributed by atoms with Crippen molar-refractivity contribution in [2.24, 2.45) is 0 Å². The molecule has 0 saturated carbocycles. The zero-order valence-electron chi connectivity index (χ0n) is 26.0. The van der Waals surface area contributed by atoms with E-state index in [0.717, 1.165) is 11.1 Å². The Hall–Kier alpha value is -3.28. The molecule has 10 atom stereocenters. The Balaban J connectivity index is 1.94. The van der Waals surface area contributed by atoms with Gasteiger partial charge in [-0.15, -0.1) is 0 Å². The van der Waals surface area contributed by atoms with Gasteiger partial charge in [0, 0.05) is 11.1 Å². The predicted octanol–water partition coefficient (Wildman–Crippen LogP) is -0.308. The average Bonchev–Trinajstić information content (AvgIpc) is 3.02. The second kappa shape index (κ2) is 18.8. The molecule has 0 aromatic rings. The van der Waals surface area contributed by atoms with Gasteiger partial charge in [-0.25, -0.2) is 9.59 Å². The molecule has 2 aliphatic heterocycles. The number of carbonyl (C=O) groups excluding carboxylic acids is 1. The number of hydrogen-bond donors (Lipinski definition) is 8. The van der Waals surface area contributed by atoms with Gasteiger partial charge in [0.1, 0.15) is 48.8 Å². The molecule has 14 heteroatoms. The first-order valence-electron chi connectivity index (χ1n) is 14.5. The monoisotopic (exact) mass is 652 g/mol. The van der Waals surface area contributed by atoms with Gasteiger partial charge in [-0.1, -0.05) is 71.9 Å². The fourth-order valence-electron chi connectivity index (χ4n) is 4.10. The minimum atomic E-state index is -1.80. The number of aliphatic hydroxyl groups excluding tert-OH is 7. The molecule has 256 valence electrons. The number of carbonyl (C=O) groups is 2. The summed E-state index contributed by atoms with van der Waals surface area (Å²) in [5, 5.41) is 79.1. The zero-order chi connectivity index (χ0) is 34.6. The van der Waals surface area contributed by atoms with Crippen molar-refractivity contribution in [3.8, 4) is 0 Å². The minimum absolute atomic E-state index is 0.127. The fourth-order valence-corrected chi connectivity index (χ4v) is 4.10. The highest BCUT2D eigenvalue weighted by Crippen LogP contribution is 2.26. The molecule has 2 rings (SSSR count). The van der Waals surface area contributed by atoms with Crippen LogP contribution in [-0.2, 0) is 28.5 Å². The lowest BCUT2D eigenvalue weighted by atomic mass is 9.98. The van der Waals surface area contributed by atoms with Gasteiger partial charge in [-0.2, -0.15) is 0 Å². The lowest BCUT2D eigenvalue weighted by Crippen LogP contribution is -2.61. The number of carboxylic acid groups (broad SMARTS) is 1. The number of aliphatic hydroxyl groups is 7. The SMILES string of the molecule is CC(=C/C=C/C=C(C)/C=C/C=C(/C)C(=O)O)/C=C/C=C(\C)C(=O)OC1OC(COC2OC(CO)C(O)C(O)C2O)C(O)C(O)C1O. The zero-order valence-corrected chi connectivity index (χ0v) is 26.0. The van der Waals surface area contributed by atoms with E-state index in [9.17, 15) is 45.3 Å². The molecule has 0 radical (unpaired) electrons. The van der Waals surface area contributed by atoms with Crippen LogP contribution in [0.1, 0.15) is 27.7 Å². The Morgan fingerprint density at radius 1 is 0.630 bits per heavy atom. The third kappa shape index (κ3) is 11.5. The first kappa shape index (κ1) is 38.9. The maximum atomic E-state index is 12.6. The lowest BCUT2D eigenvalue weighted by Gasteiger charge is -2.42. The third-order valence-electron chi connectivity index (χ3n) is 7.06. The van der Waals surface area contributed by atoms with E-state index in [2.05, 4.69) is 0 Å². The summed E-state index contributed by atoms with van der Waals surface area (Å²) in [6.07, 6.45) is 0.855. The summed E-state index contributed by atoms with van der Waals surface area (Å²) in [4.78, 5) is 23.4.